The van der Waals surface area contributed by atoms with Crippen molar-refractivity contribution in [2.75, 3.05) is 22.6 Å². The lowest BCUT2D eigenvalue weighted by molar-refractivity contribution is -0.111. The van der Waals surface area contributed by atoms with E-state index < -0.39 is 5.82 Å². The van der Waals surface area contributed by atoms with Gasteiger partial charge in [-0.15, -0.1) is 0 Å². The molecule has 0 radical (unpaired) electrons. The predicted octanol–water partition coefficient (Wildman–Crippen LogP) is 5.45. The van der Waals surface area contributed by atoms with Crippen molar-refractivity contribution in [2.45, 2.75) is 6.92 Å². The van der Waals surface area contributed by atoms with E-state index in [0.717, 1.165) is 0 Å². The predicted molar refractivity (Wildman–Crippen MR) is 117 cm³/mol. The number of ether oxygens (including phenoxy) is 1. The first-order valence-corrected chi connectivity index (χ1v) is 10.2. The Balaban J connectivity index is 2.02. The molecule has 2 N–H and O–H groups in total. The van der Waals surface area contributed by atoms with Crippen molar-refractivity contribution in [3.8, 4) is 5.75 Å². The number of aromatic nitrogens is 2. The third kappa shape index (κ3) is 5.21. The number of allylic oxidation sites excluding steroid dienone is 1. The molecular formula is C20H17BrClFN4O2. The molecule has 0 aliphatic heterocycles. The van der Waals surface area contributed by atoms with Crippen LogP contribution in [0.15, 0.2) is 48.8 Å². The Hall–Kier alpha value is -2.71. The fraction of sp³-hybridized carbons (Fsp3) is 0.150. The Morgan fingerprint density at radius 1 is 1.31 bits per heavy atom. The molecule has 1 amide bonds. The highest BCUT2D eigenvalue weighted by atomic mass is 79.9. The molecule has 0 aliphatic carbocycles. The zero-order chi connectivity index (χ0) is 20.8. The summed E-state index contributed by atoms with van der Waals surface area (Å²) in [6, 6.07) is 7.74. The summed E-state index contributed by atoms with van der Waals surface area (Å²) in [5, 5.41) is 7.13. The standard InChI is InChI=1S/C20H17BrClFN4O2/c1-2-29-18-10-16-13(9-17(18)27-19(28)4-3-7-21)20(25-11-24-16)26-12-5-6-15(23)14(22)8-12/h3-6,8-11H,2,7H2,1H3,(H,27,28)(H,24,25,26). The zero-order valence-electron chi connectivity index (χ0n) is 15.4. The van der Waals surface area contributed by atoms with Crippen molar-refractivity contribution in [3.63, 3.8) is 0 Å². The van der Waals surface area contributed by atoms with Crippen LogP contribution in [0.5, 0.6) is 5.75 Å². The lowest BCUT2D eigenvalue weighted by Crippen LogP contribution is -2.10. The lowest BCUT2D eigenvalue weighted by atomic mass is 10.1. The Morgan fingerprint density at radius 2 is 2.14 bits per heavy atom. The number of carbonyl (C=O) groups excluding carboxylic acids is 1. The van der Waals surface area contributed by atoms with Crippen LogP contribution in [0.25, 0.3) is 10.9 Å². The summed E-state index contributed by atoms with van der Waals surface area (Å²) in [5.74, 6) is 0.177. The van der Waals surface area contributed by atoms with Crippen LogP contribution in [-0.4, -0.2) is 27.8 Å². The fourth-order valence-corrected chi connectivity index (χ4v) is 2.96. The number of amides is 1. The van der Waals surface area contributed by atoms with E-state index in [0.29, 0.717) is 45.8 Å². The molecule has 0 unspecified atom stereocenters. The molecule has 3 rings (SSSR count). The van der Waals surface area contributed by atoms with Gasteiger partial charge in [0, 0.05) is 28.5 Å². The van der Waals surface area contributed by atoms with Gasteiger partial charge in [0.05, 0.1) is 22.8 Å². The highest BCUT2D eigenvalue weighted by Gasteiger charge is 2.13. The number of carbonyl (C=O) groups is 1. The maximum atomic E-state index is 13.4. The summed E-state index contributed by atoms with van der Waals surface area (Å²) in [6.45, 7) is 2.28. The molecule has 0 atom stereocenters. The number of hydrogen-bond donors (Lipinski definition) is 2. The second kappa shape index (κ2) is 9.67. The molecule has 0 aliphatic rings. The Morgan fingerprint density at radius 3 is 2.86 bits per heavy atom. The largest absolute Gasteiger partial charge is 0.492 e. The third-order valence-electron chi connectivity index (χ3n) is 3.84. The van der Waals surface area contributed by atoms with Gasteiger partial charge in [0.2, 0.25) is 5.91 Å². The molecule has 2 aromatic carbocycles. The van der Waals surface area contributed by atoms with E-state index in [1.54, 1.807) is 24.3 Å². The van der Waals surface area contributed by atoms with Gasteiger partial charge in [-0.1, -0.05) is 33.6 Å². The fourth-order valence-electron chi connectivity index (χ4n) is 2.59. The number of benzene rings is 2. The summed E-state index contributed by atoms with van der Waals surface area (Å²) >= 11 is 9.09. The minimum absolute atomic E-state index is 0.00137. The number of alkyl halides is 1. The van der Waals surface area contributed by atoms with Crippen LogP contribution in [0.3, 0.4) is 0 Å². The van der Waals surface area contributed by atoms with Crippen molar-refractivity contribution in [2.24, 2.45) is 0 Å². The number of rotatable bonds is 7. The molecule has 150 valence electrons. The smallest absolute Gasteiger partial charge is 0.248 e. The maximum absolute atomic E-state index is 13.4. The number of hydrogen-bond acceptors (Lipinski definition) is 5. The Kier molecular flexibility index (Phi) is 7.00. The van der Waals surface area contributed by atoms with E-state index in [1.807, 2.05) is 6.92 Å². The van der Waals surface area contributed by atoms with Crippen LogP contribution in [-0.2, 0) is 4.79 Å². The van der Waals surface area contributed by atoms with Crippen LogP contribution in [0, 0.1) is 5.82 Å². The summed E-state index contributed by atoms with van der Waals surface area (Å²) in [7, 11) is 0. The lowest BCUT2D eigenvalue weighted by Gasteiger charge is -2.14. The van der Waals surface area contributed by atoms with E-state index in [1.165, 1.54) is 24.5 Å². The molecule has 3 aromatic rings. The van der Waals surface area contributed by atoms with Crippen molar-refractivity contribution in [1.29, 1.82) is 0 Å². The average molecular weight is 480 g/mol. The molecule has 0 spiro atoms. The van der Waals surface area contributed by atoms with Gasteiger partial charge >= 0.3 is 0 Å². The van der Waals surface area contributed by atoms with E-state index in [2.05, 4.69) is 36.5 Å². The van der Waals surface area contributed by atoms with Crippen LogP contribution < -0.4 is 15.4 Å². The molecule has 29 heavy (non-hydrogen) atoms. The SMILES string of the molecule is CCOc1cc2ncnc(Nc3ccc(F)c(Cl)c3)c2cc1NC(=O)C=CCBr. The highest BCUT2D eigenvalue weighted by molar-refractivity contribution is 9.09. The highest BCUT2D eigenvalue weighted by Crippen LogP contribution is 2.33. The van der Waals surface area contributed by atoms with Crippen molar-refractivity contribution < 1.29 is 13.9 Å². The number of fused-ring (bicyclic) bond motifs is 1. The van der Waals surface area contributed by atoms with Gasteiger partial charge in [-0.05, 0) is 31.2 Å². The molecule has 6 nitrogen and oxygen atoms in total. The van der Waals surface area contributed by atoms with Gasteiger partial charge in [0.15, 0.2) is 0 Å². The number of anilines is 3. The van der Waals surface area contributed by atoms with Gasteiger partial charge in [0.25, 0.3) is 0 Å². The monoisotopic (exact) mass is 478 g/mol. The van der Waals surface area contributed by atoms with Crippen molar-refractivity contribution >= 4 is 61.5 Å². The molecule has 0 saturated carbocycles. The van der Waals surface area contributed by atoms with E-state index in [9.17, 15) is 9.18 Å². The van der Waals surface area contributed by atoms with Crippen LogP contribution in [0.4, 0.5) is 21.6 Å². The van der Waals surface area contributed by atoms with Crippen LogP contribution >= 0.6 is 27.5 Å². The molecule has 0 saturated heterocycles. The first-order chi connectivity index (χ1) is 14.0. The second-order valence-corrected chi connectivity index (χ2v) is 6.88. The summed E-state index contributed by atoms with van der Waals surface area (Å²) < 4.78 is 19.1. The number of nitrogens with one attached hydrogen (secondary N) is 2. The average Bonchev–Trinajstić information content (AvgIpc) is 2.70. The van der Waals surface area contributed by atoms with Crippen LogP contribution in [0.2, 0.25) is 5.02 Å². The van der Waals surface area contributed by atoms with Crippen LogP contribution in [0.1, 0.15) is 6.92 Å². The molecular weight excluding hydrogens is 463 g/mol. The molecule has 1 aromatic heterocycles. The first-order valence-electron chi connectivity index (χ1n) is 8.69. The van der Waals surface area contributed by atoms with E-state index in [-0.39, 0.29) is 10.9 Å². The van der Waals surface area contributed by atoms with Crippen molar-refractivity contribution in [1.82, 2.24) is 9.97 Å². The minimum Gasteiger partial charge on any atom is -0.492 e. The summed E-state index contributed by atoms with van der Waals surface area (Å²) in [4.78, 5) is 20.7. The normalized spacial score (nSPS) is 11.0. The van der Waals surface area contributed by atoms with Gasteiger partial charge in [0.1, 0.15) is 23.7 Å². The quantitative estimate of drug-likeness (QED) is 0.348. The minimum atomic E-state index is -0.507. The van der Waals surface area contributed by atoms with Gasteiger partial charge in [-0.3, -0.25) is 4.79 Å². The molecule has 1 heterocycles. The van der Waals surface area contributed by atoms with Gasteiger partial charge in [-0.25, -0.2) is 14.4 Å². The summed E-state index contributed by atoms with van der Waals surface area (Å²) in [6.07, 6.45) is 4.52. The maximum Gasteiger partial charge on any atom is 0.248 e. The van der Waals surface area contributed by atoms with E-state index >= 15 is 0 Å². The first kappa shape index (κ1) is 21.0. The van der Waals surface area contributed by atoms with Gasteiger partial charge in [-0.2, -0.15) is 0 Å². The third-order valence-corrected chi connectivity index (χ3v) is 4.50. The molecule has 0 bridgehead atoms. The Labute approximate surface area is 180 Å². The number of nitrogens with zero attached hydrogens (tertiary/aromatic N) is 2. The second-order valence-electron chi connectivity index (χ2n) is 5.82. The topological polar surface area (TPSA) is 76.1 Å². The van der Waals surface area contributed by atoms with E-state index in [4.69, 9.17) is 16.3 Å². The Bertz CT molecular complexity index is 1080. The number of halogens is 3. The molecule has 0 fully saturated rings. The summed E-state index contributed by atoms with van der Waals surface area (Å²) in [5.41, 5.74) is 1.67. The van der Waals surface area contributed by atoms with Gasteiger partial charge < -0.3 is 15.4 Å². The van der Waals surface area contributed by atoms with Crippen molar-refractivity contribution in [3.05, 3.63) is 59.7 Å². The zero-order valence-corrected chi connectivity index (χ0v) is 17.7. The molecule has 9 heteroatoms.